The number of aromatic amines is 2. The van der Waals surface area contributed by atoms with E-state index in [9.17, 15) is 9.90 Å². The zero-order chi connectivity index (χ0) is 25.9. The van der Waals surface area contributed by atoms with E-state index in [2.05, 4.69) is 20.2 Å². The molecule has 0 aliphatic carbocycles. The summed E-state index contributed by atoms with van der Waals surface area (Å²) in [5.74, 6) is 0.612. The Balaban J connectivity index is 1.55. The fourth-order valence-electron chi connectivity index (χ4n) is 4.10. The second-order valence-electron chi connectivity index (χ2n) is 8.26. The molecule has 186 valence electrons. The van der Waals surface area contributed by atoms with Gasteiger partial charge in [-0.3, -0.25) is 5.10 Å². The SMILES string of the molecule is COc1cc(OC)cc(-c2nc(S/C(=C\c3c(-c4ccccc4)[nH]c4c(C)cccc34)C(=O)O)n[nH]2)c1. The van der Waals surface area contributed by atoms with Gasteiger partial charge in [-0.05, 0) is 48.0 Å². The molecule has 0 saturated heterocycles. The van der Waals surface area contributed by atoms with Crippen LogP contribution in [0.2, 0.25) is 0 Å². The molecule has 0 bridgehead atoms. The quantitative estimate of drug-likeness (QED) is 0.168. The highest BCUT2D eigenvalue weighted by atomic mass is 32.2. The third-order valence-corrected chi connectivity index (χ3v) is 6.80. The summed E-state index contributed by atoms with van der Waals surface area (Å²) in [6, 6.07) is 21.2. The molecule has 0 saturated carbocycles. The zero-order valence-corrected chi connectivity index (χ0v) is 21.2. The number of nitrogens with one attached hydrogen (secondary N) is 2. The van der Waals surface area contributed by atoms with Crippen LogP contribution in [0.5, 0.6) is 11.5 Å². The molecule has 3 N–H and O–H groups in total. The number of hydrogen-bond donors (Lipinski definition) is 3. The van der Waals surface area contributed by atoms with Crippen LogP contribution in [-0.2, 0) is 4.79 Å². The first-order valence-corrected chi connectivity index (χ1v) is 12.2. The predicted molar refractivity (Wildman–Crippen MR) is 145 cm³/mol. The third-order valence-electron chi connectivity index (χ3n) is 5.92. The van der Waals surface area contributed by atoms with Crippen molar-refractivity contribution in [2.75, 3.05) is 14.2 Å². The molecule has 0 atom stereocenters. The highest BCUT2D eigenvalue weighted by Gasteiger charge is 2.19. The summed E-state index contributed by atoms with van der Waals surface area (Å²) < 4.78 is 10.7. The zero-order valence-electron chi connectivity index (χ0n) is 20.4. The Morgan fingerprint density at radius 3 is 2.38 bits per heavy atom. The van der Waals surface area contributed by atoms with Gasteiger partial charge in [0.1, 0.15) is 16.4 Å². The Morgan fingerprint density at radius 1 is 0.973 bits per heavy atom. The Morgan fingerprint density at radius 2 is 1.70 bits per heavy atom. The lowest BCUT2D eigenvalue weighted by Gasteiger charge is -2.06. The van der Waals surface area contributed by atoms with Crippen molar-refractivity contribution in [2.45, 2.75) is 12.1 Å². The number of para-hydroxylation sites is 1. The number of fused-ring (bicyclic) bond motifs is 1. The summed E-state index contributed by atoms with van der Waals surface area (Å²) in [7, 11) is 3.14. The Hall–Kier alpha value is -4.50. The second-order valence-corrected chi connectivity index (χ2v) is 9.27. The normalized spacial score (nSPS) is 11.6. The molecule has 3 aromatic carbocycles. The number of carbonyl (C=O) groups is 1. The highest BCUT2D eigenvalue weighted by molar-refractivity contribution is 8.04. The average Bonchev–Trinajstić information content (AvgIpc) is 3.54. The molecule has 0 spiro atoms. The number of carboxylic acid groups (broad SMARTS) is 1. The van der Waals surface area contributed by atoms with E-state index < -0.39 is 5.97 Å². The van der Waals surface area contributed by atoms with Crippen LogP contribution in [-0.4, -0.2) is 45.5 Å². The van der Waals surface area contributed by atoms with E-state index >= 15 is 0 Å². The van der Waals surface area contributed by atoms with E-state index in [-0.39, 0.29) is 10.1 Å². The van der Waals surface area contributed by atoms with Gasteiger partial charge in [-0.15, -0.1) is 5.10 Å². The topological polar surface area (TPSA) is 113 Å². The number of rotatable bonds is 8. The van der Waals surface area contributed by atoms with Crippen LogP contribution in [0.1, 0.15) is 11.1 Å². The van der Waals surface area contributed by atoms with Gasteiger partial charge in [0.05, 0.1) is 19.9 Å². The summed E-state index contributed by atoms with van der Waals surface area (Å²) in [5, 5.41) is 18.4. The number of methoxy groups -OCH3 is 2. The molecule has 0 radical (unpaired) electrons. The highest BCUT2D eigenvalue weighted by Crippen LogP contribution is 2.36. The van der Waals surface area contributed by atoms with Gasteiger partial charge in [-0.25, -0.2) is 9.78 Å². The van der Waals surface area contributed by atoms with Crippen LogP contribution in [0, 0.1) is 6.92 Å². The van der Waals surface area contributed by atoms with Crippen LogP contribution >= 0.6 is 11.8 Å². The molecule has 9 heteroatoms. The van der Waals surface area contributed by atoms with Gasteiger partial charge in [0, 0.05) is 28.1 Å². The number of aryl methyl sites for hydroxylation is 1. The van der Waals surface area contributed by atoms with Gasteiger partial charge in [0.15, 0.2) is 5.82 Å². The van der Waals surface area contributed by atoms with E-state index in [1.165, 1.54) is 0 Å². The van der Waals surface area contributed by atoms with Gasteiger partial charge in [0.25, 0.3) is 0 Å². The average molecular weight is 513 g/mol. The molecule has 2 heterocycles. The monoisotopic (exact) mass is 512 g/mol. The first-order valence-electron chi connectivity index (χ1n) is 11.4. The summed E-state index contributed by atoms with van der Waals surface area (Å²) >= 11 is 0.979. The van der Waals surface area contributed by atoms with Crippen molar-refractivity contribution >= 4 is 34.7 Å². The van der Waals surface area contributed by atoms with Crippen molar-refractivity contribution in [1.82, 2.24) is 20.2 Å². The van der Waals surface area contributed by atoms with Crippen LogP contribution in [0.3, 0.4) is 0 Å². The van der Waals surface area contributed by atoms with Crippen molar-refractivity contribution in [3.05, 3.63) is 82.8 Å². The molecule has 0 aliphatic rings. The number of ether oxygens (including phenoxy) is 2. The van der Waals surface area contributed by atoms with Gasteiger partial charge < -0.3 is 19.6 Å². The standard InChI is InChI=1S/C28H24N4O4S/c1-16-8-7-11-21-22(25(29-24(16)21)17-9-5-4-6-10-17)15-23(27(33)34)37-28-30-26(31-32-28)18-12-19(35-2)14-20(13-18)36-3/h4-15,29H,1-3H3,(H,33,34)(H,30,31,32)/b23-15-. The number of H-pyrrole nitrogens is 2. The lowest BCUT2D eigenvalue weighted by molar-refractivity contribution is -0.131. The molecule has 5 rings (SSSR count). The summed E-state index contributed by atoms with van der Waals surface area (Å²) in [6.45, 7) is 2.02. The first-order chi connectivity index (χ1) is 18.0. The van der Waals surface area contributed by atoms with Gasteiger partial charge in [-0.2, -0.15) is 0 Å². The number of thioether (sulfide) groups is 1. The van der Waals surface area contributed by atoms with Crippen molar-refractivity contribution in [2.24, 2.45) is 0 Å². The lowest BCUT2D eigenvalue weighted by Crippen LogP contribution is -1.97. The number of aromatic nitrogens is 4. The minimum Gasteiger partial charge on any atom is -0.497 e. The molecule has 0 unspecified atom stereocenters. The largest absolute Gasteiger partial charge is 0.497 e. The predicted octanol–water partition coefficient (Wildman–Crippen LogP) is 6.16. The summed E-state index contributed by atoms with van der Waals surface area (Å²) in [6.07, 6.45) is 1.68. The number of aliphatic carboxylic acids is 1. The number of benzene rings is 3. The minimum atomic E-state index is -1.07. The van der Waals surface area contributed by atoms with Crippen molar-refractivity contribution in [1.29, 1.82) is 0 Å². The maximum atomic E-state index is 12.3. The van der Waals surface area contributed by atoms with Gasteiger partial charge in [-0.1, -0.05) is 48.5 Å². The molecule has 0 aliphatic heterocycles. The van der Waals surface area contributed by atoms with Crippen LogP contribution < -0.4 is 9.47 Å². The van der Waals surface area contributed by atoms with Crippen LogP contribution in [0.15, 0.2) is 76.8 Å². The van der Waals surface area contributed by atoms with Crippen molar-refractivity contribution < 1.29 is 19.4 Å². The second kappa shape index (κ2) is 10.2. The van der Waals surface area contributed by atoms with Gasteiger partial charge >= 0.3 is 5.97 Å². The van der Waals surface area contributed by atoms with Crippen molar-refractivity contribution in [3.63, 3.8) is 0 Å². The number of hydrogen-bond acceptors (Lipinski definition) is 6. The summed E-state index contributed by atoms with van der Waals surface area (Å²) in [4.78, 5) is 20.4. The van der Waals surface area contributed by atoms with Crippen LogP contribution in [0.4, 0.5) is 0 Å². The third kappa shape index (κ3) is 4.94. The molecule has 2 aromatic heterocycles. The summed E-state index contributed by atoms with van der Waals surface area (Å²) in [5.41, 5.74) is 5.35. The Kier molecular flexibility index (Phi) is 6.70. The Bertz CT molecular complexity index is 1600. The van der Waals surface area contributed by atoms with E-state index in [4.69, 9.17) is 9.47 Å². The molecule has 5 aromatic rings. The van der Waals surface area contributed by atoms with E-state index in [1.54, 1.807) is 38.5 Å². The maximum absolute atomic E-state index is 12.3. The maximum Gasteiger partial charge on any atom is 0.342 e. The fourth-order valence-corrected chi connectivity index (χ4v) is 4.79. The minimum absolute atomic E-state index is 0.0911. The molecule has 8 nitrogen and oxygen atoms in total. The number of nitrogens with zero attached hydrogens (tertiary/aromatic N) is 2. The smallest absolute Gasteiger partial charge is 0.342 e. The molecular weight excluding hydrogens is 488 g/mol. The molecule has 0 amide bonds. The lowest BCUT2D eigenvalue weighted by atomic mass is 10.0. The fraction of sp³-hybridized carbons (Fsp3) is 0.107. The van der Waals surface area contributed by atoms with Crippen molar-refractivity contribution in [3.8, 4) is 34.1 Å². The van der Waals surface area contributed by atoms with Gasteiger partial charge in [0.2, 0.25) is 5.16 Å². The molecule has 0 fully saturated rings. The Labute approximate surface area is 217 Å². The number of carboxylic acids is 1. The van der Waals surface area contributed by atoms with Crippen LogP contribution in [0.25, 0.3) is 39.6 Å². The van der Waals surface area contributed by atoms with E-state index in [0.717, 1.165) is 45.0 Å². The molecule has 37 heavy (non-hydrogen) atoms. The van der Waals surface area contributed by atoms with E-state index in [1.807, 2.05) is 55.5 Å². The first kappa shape index (κ1) is 24.2. The van der Waals surface area contributed by atoms with E-state index in [0.29, 0.717) is 22.9 Å². The molecular formula is C28H24N4O4S.